The molecule has 1 rings (SSSR count). The SMILES string of the molecule is CCCC[Si](CCCC)(CCCC)O[C@H](C)[C@H]1C(=O)N[C@@H]1[C@@H](C)C(=O)O. The van der Waals surface area contributed by atoms with Crippen LogP contribution in [0.3, 0.4) is 0 Å². The first-order valence-corrected chi connectivity index (χ1v) is 13.1. The van der Waals surface area contributed by atoms with Crippen LogP contribution < -0.4 is 5.32 Å². The van der Waals surface area contributed by atoms with Gasteiger partial charge in [0.05, 0.1) is 24.0 Å². The van der Waals surface area contributed by atoms with Gasteiger partial charge in [-0.1, -0.05) is 59.3 Å². The molecule has 0 aromatic rings. The van der Waals surface area contributed by atoms with Crippen LogP contribution in [0.2, 0.25) is 18.1 Å². The maximum atomic E-state index is 12.2. The predicted octanol–water partition coefficient (Wildman–Crippen LogP) is 4.57. The smallest absolute Gasteiger partial charge is 0.308 e. The fourth-order valence-corrected chi connectivity index (χ4v) is 9.06. The van der Waals surface area contributed by atoms with Gasteiger partial charge in [-0.2, -0.15) is 0 Å². The lowest BCUT2D eigenvalue weighted by Gasteiger charge is -2.45. The van der Waals surface area contributed by atoms with E-state index in [1.165, 1.54) is 19.3 Å². The monoisotopic (exact) mass is 385 g/mol. The van der Waals surface area contributed by atoms with E-state index in [9.17, 15) is 14.7 Å². The van der Waals surface area contributed by atoms with Gasteiger partial charge in [0.15, 0.2) is 8.32 Å². The second-order valence-electron chi connectivity index (χ2n) is 8.00. The minimum Gasteiger partial charge on any atom is -0.481 e. The van der Waals surface area contributed by atoms with E-state index >= 15 is 0 Å². The highest BCUT2D eigenvalue weighted by Crippen LogP contribution is 2.35. The highest BCUT2D eigenvalue weighted by Gasteiger charge is 2.49. The average Bonchev–Trinajstić information content (AvgIpc) is 2.59. The van der Waals surface area contributed by atoms with Crippen LogP contribution in [-0.2, 0) is 14.0 Å². The zero-order valence-corrected chi connectivity index (χ0v) is 18.3. The lowest BCUT2D eigenvalue weighted by Crippen LogP contribution is -2.66. The number of rotatable bonds is 14. The van der Waals surface area contributed by atoms with Crippen molar-refractivity contribution in [3.8, 4) is 0 Å². The number of carbonyl (C=O) groups is 2. The molecule has 4 atom stereocenters. The maximum Gasteiger partial charge on any atom is 0.308 e. The van der Waals surface area contributed by atoms with Crippen LogP contribution in [0.4, 0.5) is 0 Å². The summed E-state index contributed by atoms with van der Waals surface area (Å²) in [6.07, 6.45) is 6.82. The Hall–Kier alpha value is -0.883. The minimum absolute atomic E-state index is 0.0556. The van der Waals surface area contributed by atoms with E-state index in [1.807, 2.05) is 6.92 Å². The second-order valence-corrected chi connectivity index (χ2v) is 12.1. The van der Waals surface area contributed by atoms with Crippen LogP contribution in [0.25, 0.3) is 0 Å². The van der Waals surface area contributed by atoms with Gasteiger partial charge in [-0.25, -0.2) is 0 Å². The molecular weight excluding hydrogens is 346 g/mol. The molecule has 0 unspecified atom stereocenters. The highest BCUT2D eigenvalue weighted by molar-refractivity contribution is 6.73. The van der Waals surface area contributed by atoms with Crippen LogP contribution >= 0.6 is 0 Å². The molecule has 0 saturated carbocycles. The molecule has 152 valence electrons. The summed E-state index contributed by atoms with van der Waals surface area (Å²) in [7, 11) is -1.92. The van der Waals surface area contributed by atoms with Gasteiger partial charge < -0.3 is 14.8 Å². The average molecular weight is 386 g/mol. The third kappa shape index (κ3) is 6.08. The van der Waals surface area contributed by atoms with Gasteiger partial charge in [-0.15, -0.1) is 0 Å². The van der Waals surface area contributed by atoms with Gasteiger partial charge in [0.25, 0.3) is 0 Å². The molecule has 0 aromatic heterocycles. The summed E-state index contributed by atoms with van der Waals surface area (Å²) in [5.41, 5.74) is 0. The van der Waals surface area contributed by atoms with Crippen molar-refractivity contribution in [3.63, 3.8) is 0 Å². The van der Waals surface area contributed by atoms with Crippen molar-refractivity contribution in [3.05, 3.63) is 0 Å². The molecule has 26 heavy (non-hydrogen) atoms. The van der Waals surface area contributed by atoms with Gasteiger partial charge in [0.2, 0.25) is 5.91 Å². The van der Waals surface area contributed by atoms with Crippen molar-refractivity contribution in [2.45, 2.75) is 103 Å². The van der Waals surface area contributed by atoms with Gasteiger partial charge in [-0.05, 0) is 32.0 Å². The summed E-state index contributed by atoms with van der Waals surface area (Å²) in [5.74, 6) is -1.83. The third-order valence-electron chi connectivity index (χ3n) is 5.83. The first-order chi connectivity index (χ1) is 12.3. The van der Waals surface area contributed by atoms with E-state index in [0.29, 0.717) is 0 Å². The first kappa shape index (κ1) is 23.2. The maximum absolute atomic E-state index is 12.2. The molecular formula is C20H39NO4Si. The van der Waals surface area contributed by atoms with Gasteiger partial charge >= 0.3 is 5.97 Å². The van der Waals surface area contributed by atoms with Crippen molar-refractivity contribution in [2.75, 3.05) is 0 Å². The topological polar surface area (TPSA) is 75.6 Å². The standard InChI is InChI=1S/C20H39NO4Si/c1-6-9-12-26(13-10-7-2,14-11-8-3)25-16(5)17-18(21-19(17)22)15(4)20(23)24/h15-18H,6-14H2,1-5H3,(H,21,22)(H,23,24)/t15-,16-,17-,18-/m1/s1. The number of carboxylic acid groups (broad SMARTS) is 1. The van der Waals surface area contributed by atoms with E-state index in [4.69, 9.17) is 4.43 Å². The molecule has 0 bridgehead atoms. The van der Waals surface area contributed by atoms with Crippen LogP contribution in [0, 0.1) is 11.8 Å². The predicted molar refractivity (Wildman–Crippen MR) is 108 cm³/mol. The van der Waals surface area contributed by atoms with Crippen LogP contribution in [0.5, 0.6) is 0 Å². The van der Waals surface area contributed by atoms with Crippen molar-refractivity contribution < 1.29 is 19.1 Å². The number of unbranched alkanes of at least 4 members (excludes halogenated alkanes) is 3. The van der Waals surface area contributed by atoms with Crippen molar-refractivity contribution in [1.82, 2.24) is 5.32 Å². The van der Waals surface area contributed by atoms with Crippen LogP contribution in [0.1, 0.15) is 73.1 Å². The third-order valence-corrected chi connectivity index (χ3v) is 10.5. The number of amides is 1. The molecule has 5 nitrogen and oxygen atoms in total. The molecule has 6 heteroatoms. The van der Waals surface area contributed by atoms with Crippen molar-refractivity contribution in [1.29, 1.82) is 0 Å². The second kappa shape index (κ2) is 11.1. The molecule has 1 fully saturated rings. The Morgan fingerprint density at radius 1 is 1.08 bits per heavy atom. The molecule has 1 aliphatic heterocycles. The molecule has 0 aliphatic carbocycles. The Kier molecular flexibility index (Phi) is 9.86. The number of carboxylic acids is 1. The fourth-order valence-electron chi connectivity index (χ4n) is 4.03. The molecule has 1 amide bonds. The van der Waals surface area contributed by atoms with Crippen molar-refractivity contribution in [2.24, 2.45) is 11.8 Å². The molecule has 1 saturated heterocycles. The summed E-state index contributed by atoms with van der Waals surface area (Å²) < 4.78 is 6.76. The molecule has 1 aliphatic rings. The Morgan fingerprint density at radius 3 is 1.88 bits per heavy atom. The van der Waals surface area contributed by atoms with Gasteiger partial charge in [0, 0.05) is 0 Å². The zero-order valence-electron chi connectivity index (χ0n) is 17.3. The number of hydrogen-bond acceptors (Lipinski definition) is 3. The van der Waals surface area contributed by atoms with Crippen LogP contribution in [-0.4, -0.2) is 37.4 Å². The van der Waals surface area contributed by atoms with E-state index in [0.717, 1.165) is 37.4 Å². The van der Waals surface area contributed by atoms with Gasteiger partial charge in [-0.3, -0.25) is 9.59 Å². The summed E-state index contributed by atoms with van der Waals surface area (Å²) in [5, 5.41) is 12.1. The Morgan fingerprint density at radius 2 is 1.54 bits per heavy atom. The van der Waals surface area contributed by atoms with E-state index < -0.39 is 20.2 Å². The lowest BCUT2D eigenvalue weighted by molar-refractivity contribution is -0.151. The quantitative estimate of drug-likeness (QED) is 0.339. The minimum atomic E-state index is -1.92. The largest absolute Gasteiger partial charge is 0.481 e. The summed E-state index contributed by atoms with van der Waals surface area (Å²) >= 11 is 0. The van der Waals surface area contributed by atoms with Crippen molar-refractivity contribution >= 4 is 20.2 Å². The van der Waals surface area contributed by atoms with Crippen LogP contribution in [0.15, 0.2) is 0 Å². The fraction of sp³-hybridized carbons (Fsp3) is 0.900. The number of hydrogen-bond donors (Lipinski definition) is 2. The van der Waals surface area contributed by atoms with E-state index in [1.54, 1.807) is 6.92 Å². The summed E-state index contributed by atoms with van der Waals surface area (Å²) in [4.78, 5) is 23.5. The molecule has 2 N–H and O–H groups in total. The van der Waals surface area contributed by atoms with Gasteiger partial charge in [0.1, 0.15) is 0 Å². The molecule has 0 spiro atoms. The Labute approximate surface area is 160 Å². The highest BCUT2D eigenvalue weighted by atomic mass is 28.4. The molecule has 1 heterocycles. The number of β-lactam (4-membered cyclic amide) rings is 1. The summed E-state index contributed by atoms with van der Waals surface area (Å²) in [6, 6.07) is 3.15. The zero-order chi connectivity index (χ0) is 19.7. The Bertz CT molecular complexity index is 435. The first-order valence-electron chi connectivity index (χ1n) is 10.5. The molecule has 0 aromatic carbocycles. The number of carbonyl (C=O) groups excluding carboxylic acids is 1. The number of aliphatic carboxylic acids is 1. The molecule has 0 radical (unpaired) electrons. The normalized spacial score (nSPS) is 22.4. The summed E-state index contributed by atoms with van der Waals surface area (Å²) in [6.45, 7) is 10.3. The Balaban J connectivity index is 2.91. The van der Waals surface area contributed by atoms with E-state index in [2.05, 4.69) is 26.1 Å². The number of nitrogens with one attached hydrogen (secondary N) is 1. The lowest BCUT2D eigenvalue weighted by atomic mass is 9.79. The van der Waals surface area contributed by atoms with E-state index in [-0.39, 0.29) is 24.0 Å².